The van der Waals surface area contributed by atoms with Crippen LogP contribution < -0.4 is 4.74 Å². The van der Waals surface area contributed by atoms with Gasteiger partial charge in [-0.05, 0) is 18.9 Å². The predicted molar refractivity (Wildman–Crippen MR) is 70.7 cm³/mol. The summed E-state index contributed by atoms with van der Waals surface area (Å²) in [5, 5.41) is 10.2. The lowest BCUT2D eigenvalue weighted by Gasteiger charge is -2.21. The van der Waals surface area contributed by atoms with Gasteiger partial charge in [-0.2, -0.15) is 0 Å². The smallest absolute Gasteiger partial charge is 0.137 e. The highest BCUT2D eigenvalue weighted by Crippen LogP contribution is 2.24. The maximum atomic E-state index is 10.2. The lowest BCUT2D eigenvalue weighted by Crippen LogP contribution is -2.20. The Morgan fingerprint density at radius 1 is 1.28 bits per heavy atom. The molecule has 0 spiro atoms. The van der Waals surface area contributed by atoms with Crippen molar-refractivity contribution in [1.29, 1.82) is 0 Å². The molecule has 102 valence electrons. The topological polar surface area (TPSA) is 51.6 Å². The maximum Gasteiger partial charge on any atom is 0.137 e. The molecule has 2 unspecified atom stereocenters. The van der Waals surface area contributed by atoms with Crippen LogP contribution in [0.2, 0.25) is 0 Å². The van der Waals surface area contributed by atoms with Gasteiger partial charge in [-0.15, -0.1) is 0 Å². The Labute approximate surface area is 109 Å². The Balaban J connectivity index is 2.74. The van der Waals surface area contributed by atoms with Crippen molar-refractivity contribution < 1.29 is 14.6 Å². The van der Waals surface area contributed by atoms with Crippen molar-refractivity contribution in [3.63, 3.8) is 0 Å². The third kappa shape index (κ3) is 4.27. The van der Waals surface area contributed by atoms with E-state index in [1.807, 2.05) is 13.0 Å². The van der Waals surface area contributed by atoms with E-state index in [1.165, 1.54) is 0 Å². The number of pyridine rings is 1. The molecule has 1 aromatic heterocycles. The van der Waals surface area contributed by atoms with Crippen molar-refractivity contribution in [2.45, 2.75) is 45.3 Å². The summed E-state index contributed by atoms with van der Waals surface area (Å²) >= 11 is 0. The van der Waals surface area contributed by atoms with Crippen LogP contribution >= 0.6 is 0 Å². The van der Waals surface area contributed by atoms with Crippen LogP contribution in [-0.2, 0) is 4.74 Å². The monoisotopic (exact) mass is 253 g/mol. The molecule has 1 heterocycles. The molecule has 4 heteroatoms. The summed E-state index contributed by atoms with van der Waals surface area (Å²) in [7, 11) is 1.62. The van der Waals surface area contributed by atoms with Crippen molar-refractivity contribution in [2.75, 3.05) is 13.7 Å². The van der Waals surface area contributed by atoms with Gasteiger partial charge in [0.2, 0.25) is 0 Å². The van der Waals surface area contributed by atoms with E-state index < -0.39 is 6.10 Å². The van der Waals surface area contributed by atoms with Crippen LogP contribution in [0, 0.1) is 0 Å². The molecule has 0 bridgehead atoms. The summed E-state index contributed by atoms with van der Waals surface area (Å²) in [5.74, 6) is 0.694. The first-order valence-electron chi connectivity index (χ1n) is 6.51. The van der Waals surface area contributed by atoms with E-state index in [9.17, 15) is 5.11 Å². The van der Waals surface area contributed by atoms with E-state index in [-0.39, 0.29) is 6.10 Å². The van der Waals surface area contributed by atoms with E-state index in [1.54, 1.807) is 19.5 Å². The summed E-state index contributed by atoms with van der Waals surface area (Å²) in [6.07, 6.45) is 5.19. The van der Waals surface area contributed by atoms with Gasteiger partial charge in [-0.25, -0.2) is 0 Å². The fourth-order valence-electron chi connectivity index (χ4n) is 1.80. The van der Waals surface area contributed by atoms with Gasteiger partial charge < -0.3 is 14.6 Å². The molecule has 18 heavy (non-hydrogen) atoms. The molecule has 1 aromatic rings. The molecule has 0 aliphatic carbocycles. The number of nitrogens with zero attached hydrogens (tertiary/aromatic N) is 1. The Bertz CT molecular complexity index is 344. The molecule has 0 aromatic carbocycles. The molecule has 0 aliphatic rings. The molecule has 1 N–H and O–H groups in total. The number of aromatic nitrogens is 1. The summed E-state index contributed by atoms with van der Waals surface area (Å²) in [6.45, 7) is 4.77. The van der Waals surface area contributed by atoms with Gasteiger partial charge in [0.15, 0.2) is 0 Å². The number of hydrogen-bond donors (Lipinski definition) is 1. The second kappa shape index (κ2) is 8.06. The molecule has 4 nitrogen and oxygen atoms in total. The molecule has 0 saturated carbocycles. The number of hydrogen-bond acceptors (Lipinski definition) is 4. The highest BCUT2D eigenvalue weighted by Gasteiger charge is 2.20. The zero-order valence-electron chi connectivity index (χ0n) is 11.4. The quantitative estimate of drug-likeness (QED) is 0.774. The molecule has 0 amide bonds. The Kier molecular flexibility index (Phi) is 6.68. The van der Waals surface area contributed by atoms with Crippen LogP contribution in [-0.4, -0.2) is 29.9 Å². The molecule has 0 saturated heterocycles. The van der Waals surface area contributed by atoms with Crippen molar-refractivity contribution in [3.8, 4) is 5.75 Å². The van der Waals surface area contributed by atoms with E-state index in [4.69, 9.17) is 9.47 Å². The number of ether oxygens (including phenoxy) is 2. The van der Waals surface area contributed by atoms with Crippen molar-refractivity contribution in [3.05, 3.63) is 24.0 Å². The molecular weight excluding hydrogens is 230 g/mol. The highest BCUT2D eigenvalue weighted by atomic mass is 16.5. The average Bonchev–Trinajstić information content (AvgIpc) is 2.42. The largest absolute Gasteiger partial charge is 0.492 e. The molecule has 0 radical (unpaired) electrons. The van der Waals surface area contributed by atoms with Crippen LogP contribution in [0.1, 0.15) is 44.8 Å². The maximum absolute atomic E-state index is 10.2. The summed E-state index contributed by atoms with van der Waals surface area (Å²) < 4.78 is 10.8. The number of methoxy groups -OCH3 is 1. The third-order valence-corrected chi connectivity index (χ3v) is 2.78. The second-order valence-electron chi connectivity index (χ2n) is 4.31. The van der Waals surface area contributed by atoms with Crippen molar-refractivity contribution in [2.24, 2.45) is 0 Å². The van der Waals surface area contributed by atoms with Gasteiger partial charge in [0.1, 0.15) is 11.9 Å². The van der Waals surface area contributed by atoms with Crippen LogP contribution in [0.4, 0.5) is 0 Å². The SMILES string of the molecule is CCCOc1cncc(C(O)C(CCC)OC)c1. The first-order chi connectivity index (χ1) is 8.72. The first-order valence-corrected chi connectivity index (χ1v) is 6.51. The van der Waals surface area contributed by atoms with Crippen LogP contribution in [0.5, 0.6) is 5.75 Å². The normalized spacial score (nSPS) is 14.2. The van der Waals surface area contributed by atoms with Crippen LogP contribution in [0.15, 0.2) is 18.5 Å². The third-order valence-electron chi connectivity index (χ3n) is 2.78. The number of aliphatic hydroxyl groups is 1. The fourth-order valence-corrected chi connectivity index (χ4v) is 1.80. The minimum Gasteiger partial charge on any atom is -0.492 e. The standard InChI is InChI=1S/C14H23NO3/c1-4-6-13(17-3)14(16)11-8-12(10-15-9-11)18-7-5-2/h8-10,13-14,16H,4-7H2,1-3H3. The number of rotatable bonds is 8. The second-order valence-corrected chi connectivity index (χ2v) is 4.31. The van der Waals surface area contributed by atoms with E-state index in [0.29, 0.717) is 12.4 Å². The Morgan fingerprint density at radius 2 is 2.06 bits per heavy atom. The average molecular weight is 253 g/mol. The van der Waals surface area contributed by atoms with Crippen LogP contribution in [0.3, 0.4) is 0 Å². The lowest BCUT2D eigenvalue weighted by atomic mass is 10.0. The fraction of sp³-hybridized carbons (Fsp3) is 0.643. The van der Waals surface area contributed by atoms with Gasteiger partial charge >= 0.3 is 0 Å². The summed E-state index contributed by atoms with van der Waals surface area (Å²) in [4.78, 5) is 4.09. The van der Waals surface area contributed by atoms with Gasteiger partial charge in [0.05, 0.1) is 18.9 Å². The van der Waals surface area contributed by atoms with Crippen molar-refractivity contribution >= 4 is 0 Å². The Hall–Kier alpha value is -1.13. The highest BCUT2D eigenvalue weighted by molar-refractivity contribution is 5.25. The molecule has 2 atom stereocenters. The van der Waals surface area contributed by atoms with E-state index in [2.05, 4.69) is 11.9 Å². The Morgan fingerprint density at radius 3 is 2.67 bits per heavy atom. The zero-order valence-corrected chi connectivity index (χ0v) is 11.4. The molecule has 1 rings (SSSR count). The van der Waals surface area contributed by atoms with Crippen molar-refractivity contribution in [1.82, 2.24) is 4.98 Å². The summed E-state index contributed by atoms with van der Waals surface area (Å²) in [6, 6.07) is 1.83. The van der Waals surface area contributed by atoms with Gasteiger partial charge in [0.25, 0.3) is 0 Å². The first kappa shape index (κ1) is 14.9. The minimum atomic E-state index is -0.660. The molecule has 0 fully saturated rings. The van der Waals surface area contributed by atoms with Gasteiger partial charge in [-0.1, -0.05) is 20.3 Å². The minimum absolute atomic E-state index is 0.196. The summed E-state index contributed by atoms with van der Waals surface area (Å²) in [5.41, 5.74) is 0.740. The molecule has 0 aliphatic heterocycles. The van der Waals surface area contributed by atoms with Gasteiger partial charge in [0, 0.05) is 18.9 Å². The van der Waals surface area contributed by atoms with Crippen LogP contribution in [0.25, 0.3) is 0 Å². The van der Waals surface area contributed by atoms with E-state index in [0.717, 1.165) is 24.8 Å². The zero-order chi connectivity index (χ0) is 13.4. The number of aliphatic hydroxyl groups excluding tert-OH is 1. The van der Waals surface area contributed by atoms with Gasteiger partial charge in [-0.3, -0.25) is 4.98 Å². The lowest BCUT2D eigenvalue weighted by molar-refractivity contribution is -0.0182. The molecular formula is C14H23NO3. The van der Waals surface area contributed by atoms with E-state index >= 15 is 0 Å². The predicted octanol–water partition coefficient (Wildman–Crippen LogP) is 2.72.